The third-order valence-corrected chi connectivity index (χ3v) is 5.42. The molecule has 0 fully saturated rings. The molecule has 31 heavy (non-hydrogen) atoms. The SMILES string of the molecule is COc1cccc(-c2csc3nc(NC(=O)c4cc(OC)c(OC)c(OC)c4)nn23)c1. The highest BCUT2D eigenvalue weighted by molar-refractivity contribution is 7.15. The Hall–Kier alpha value is -3.79. The van der Waals surface area contributed by atoms with Crippen molar-refractivity contribution < 1.29 is 23.7 Å². The molecule has 0 atom stereocenters. The number of fused-ring (bicyclic) bond motifs is 1. The summed E-state index contributed by atoms with van der Waals surface area (Å²) >= 11 is 1.42. The molecule has 0 unspecified atom stereocenters. The smallest absolute Gasteiger partial charge is 0.258 e. The van der Waals surface area contributed by atoms with Gasteiger partial charge >= 0.3 is 0 Å². The second-order valence-electron chi connectivity index (χ2n) is 6.35. The van der Waals surface area contributed by atoms with Gasteiger partial charge in [0.25, 0.3) is 11.9 Å². The summed E-state index contributed by atoms with van der Waals surface area (Å²) < 4.78 is 22.9. The first-order valence-electron chi connectivity index (χ1n) is 9.18. The number of anilines is 1. The Balaban J connectivity index is 1.64. The number of thiazole rings is 1. The molecule has 4 aromatic rings. The fourth-order valence-electron chi connectivity index (χ4n) is 3.10. The predicted molar refractivity (Wildman–Crippen MR) is 117 cm³/mol. The van der Waals surface area contributed by atoms with E-state index in [1.54, 1.807) is 23.8 Å². The minimum absolute atomic E-state index is 0.190. The van der Waals surface area contributed by atoms with Crippen LogP contribution in [0.1, 0.15) is 10.4 Å². The fraction of sp³-hybridized carbons (Fsp3) is 0.190. The number of carbonyl (C=O) groups excluding carboxylic acids is 1. The number of nitrogens with zero attached hydrogens (tertiary/aromatic N) is 3. The van der Waals surface area contributed by atoms with E-state index in [1.165, 1.54) is 32.7 Å². The molecule has 2 aromatic carbocycles. The summed E-state index contributed by atoms with van der Waals surface area (Å²) in [7, 11) is 6.10. The zero-order valence-electron chi connectivity index (χ0n) is 17.3. The molecular formula is C21H20N4O5S. The first kappa shape index (κ1) is 20.5. The van der Waals surface area contributed by atoms with E-state index in [-0.39, 0.29) is 5.95 Å². The number of rotatable bonds is 7. The van der Waals surface area contributed by atoms with Gasteiger partial charge in [0.15, 0.2) is 11.5 Å². The fourth-order valence-corrected chi connectivity index (χ4v) is 3.93. The average Bonchev–Trinajstić information content (AvgIpc) is 3.38. The molecule has 0 aliphatic heterocycles. The lowest BCUT2D eigenvalue weighted by molar-refractivity contribution is 0.102. The summed E-state index contributed by atoms with van der Waals surface area (Å²) in [6.07, 6.45) is 0. The van der Waals surface area contributed by atoms with Crippen LogP contribution in [0, 0.1) is 0 Å². The van der Waals surface area contributed by atoms with Gasteiger partial charge in [0.05, 0.1) is 34.1 Å². The van der Waals surface area contributed by atoms with Crippen LogP contribution in [-0.4, -0.2) is 48.9 Å². The van der Waals surface area contributed by atoms with E-state index >= 15 is 0 Å². The van der Waals surface area contributed by atoms with Crippen molar-refractivity contribution in [2.75, 3.05) is 33.8 Å². The van der Waals surface area contributed by atoms with Crippen LogP contribution in [-0.2, 0) is 0 Å². The van der Waals surface area contributed by atoms with Gasteiger partial charge in [-0.3, -0.25) is 10.1 Å². The molecule has 2 heterocycles. The van der Waals surface area contributed by atoms with Crippen LogP contribution in [0.15, 0.2) is 41.8 Å². The van der Waals surface area contributed by atoms with E-state index in [2.05, 4.69) is 15.4 Å². The van der Waals surface area contributed by atoms with Gasteiger partial charge in [-0.25, -0.2) is 4.52 Å². The lowest BCUT2D eigenvalue weighted by Crippen LogP contribution is -2.14. The standard InChI is InChI=1S/C21H20N4O5S/c1-27-14-7-5-6-12(8-14)15-11-31-21-23-20(24-25(15)21)22-19(26)13-9-16(28-2)18(30-4)17(10-13)29-3/h5-11H,1-4H3,(H,22,24,26). The first-order chi connectivity index (χ1) is 15.1. The molecule has 0 saturated heterocycles. The number of hydrogen-bond acceptors (Lipinski definition) is 8. The molecule has 160 valence electrons. The second kappa shape index (κ2) is 8.52. The molecule has 0 saturated carbocycles. The predicted octanol–water partition coefficient (Wildman–Crippen LogP) is 3.74. The molecule has 10 heteroatoms. The largest absolute Gasteiger partial charge is 0.497 e. The summed E-state index contributed by atoms with van der Waals surface area (Å²) in [4.78, 5) is 17.9. The highest BCUT2D eigenvalue weighted by Crippen LogP contribution is 2.38. The highest BCUT2D eigenvalue weighted by atomic mass is 32.1. The van der Waals surface area contributed by atoms with Gasteiger partial charge in [-0.15, -0.1) is 16.4 Å². The van der Waals surface area contributed by atoms with Crippen molar-refractivity contribution in [3.63, 3.8) is 0 Å². The van der Waals surface area contributed by atoms with Gasteiger partial charge in [0, 0.05) is 16.5 Å². The van der Waals surface area contributed by atoms with Crippen LogP contribution in [0.4, 0.5) is 5.95 Å². The van der Waals surface area contributed by atoms with Crippen molar-refractivity contribution in [1.29, 1.82) is 0 Å². The minimum Gasteiger partial charge on any atom is -0.497 e. The molecule has 1 N–H and O–H groups in total. The van der Waals surface area contributed by atoms with Gasteiger partial charge in [0.1, 0.15) is 5.75 Å². The third kappa shape index (κ3) is 3.84. The Labute approximate surface area is 182 Å². The maximum Gasteiger partial charge on any atom is 0.258 e. The lowest BCUT2D eigenvalue weighted by atomic mass is 10.1. The second-order valence-corrected chi connectivity index (χ2v) is 7.19. The molecule has 0 spiro atoms. The van der Waals surface area contributed by atoms with Crippen LogP contribution >= 0.6 is 11.3 Å². The van der Waals surface area contributed by atoms with E-state index in [1.807, 2.05) is 29.6 Å². The van der Waals surface area contributed by atoms with E-state index in [0.717, 1.165) is 17.0 Å². The Kier molecular flexibility index (Phi) is 5.63. The molecule has 0 bridgehead atoms. The maximum atomic E-state index is 12.8. The molecule has 9 nitrogen and oxygen atoms in total. The van der Waals surface area contributed by atoms with E-state index in [0.29, 0.717) is 27.8 Å². The lowest BCUT2D eigenvalue weighted by Gasteiger charge is -2.13. The number of amides is 1. The van der Waals surface area contributed by atoms with Crippen molar-refractivity contribution >= 4 is 28.2 Å². The Bertz CT molecular complexity index is 1220. The highest BCUT2D eigenvalue weighted by Gasteiger charge is 2.19. The van der Waals surface area contributed by atoms with Crippen molar-refractivity contribution in [1.82, 2.24) is 14.6 Å². The Morgan fingerprint density at radius 2 is 1.74 bits per heavy atom. The number of hydrogen-bond donors (Lipinski definition) is 1. The van der Waals surface area contributed by atoms with Gasteiger partial charge < -0.3 is 18.9 Å². The summed E-state index contributed by atoms with van der Waals surface area (Å²) in [6, 6.07) is 10.8. The molecule has 0 aliphatic rings. The number of methoxy groups -OCH3 is 4. The number of nitrogens with one attached hydrogen (secondary N) is 1. The summed E-state index contributed by atoms with van der Waals surface area (Å²) in [5, 5.41) is 9.12. The third-order valence-electron chi connectivity index (χ3n) is 4.60. The van der Waals surface area contributed by atoms with Gasteiger partial charge in [0.2, 0.25) is 10.7 Å². The van der Waals surface area contributed by atoms with Crippen molar-refractivity contribution in [3.05, 3.63) is 47.3 Å². The number of carbonyl (C=O) groups is 1. The van der Waals surface area contributed by atoms with Crippen LogP contribution < -0.4 is 24.3 Å². The van der Waals surface area contributed by atoms with E-state index in [9.17, 15) is 4.79 Å². The van der Waals surface area contributed by atoms with Crippen LogP contribution in [0.2, 0.25) is 0 Å². The quantitative estimate of drug-likeness (QED) is 0.468. The van der Waals surface area contributed by atoms with Gasteiger partial charge in [-0.1, -0.05) is 12.1 Å². The monoisotopic (exact) mass is 440 g/mol. The Morgan fingerprint density at radius 3 is 2.39 bits per heavy atom. The molecule has 1 amide bonds. The zero-order valence-corrected chi connectivity index (χ0v) is 18.1. The minimum atomic E-state index is -0.402. The zero-order chi connectivity index (χ0) is 22.0. The normalized spacial score (nSPS) is 10.7. The summed E-state index contributed by atoms with van der Waals surface area (Å²) in [6.45, 7) is 0. The van der Waals surface area contributed by atoms with Crippen molar-refractivity contribution in [2.24, 2.45) is 0 Å². The number of aromatic nitrogens is 3. The summed E-state index contributed by atoms with van der Waals surface area (Å²) in [5.41, 5.74) is 2.10. The molecular weight excluding hydrogens is 420 g/mol. The summed E-state index contributed by atoms with van der Waals surface area (Å²) in [5.74, 6) is 1.70. The van der Waals surface area contributed by atoms with Crippen LogP contribution in [0.3, 0.4) is 0 Å². The molecule has 0 aliphatic carbocycles. The van der Waals surface area contributed by atoms with Crippen LogP contribution in [0.5, 0.6) is 23.0 Å². The maximum absolute atomic E-state index is 12.8. The molecule has 4 rings (SSSR count). The van der Waals surface area contributed by atoms with Crippen molar-refractivity contribution in [2.45, 2.75) is 0 Å². The van der Waals surface area contributed by atoms with Crippen molar-refractivity contribution in [3.8, 4) is 34.3 Å². The number of benzene rings is 2. The van der Waals surface area contributed by atoms with Gasteiger partial charge in [-0.05, 0) is 24.3 Å². The Morgan fingerprint density at radius 1 is 1.00 bits per heavy atom. The average molecular weight is 440 g/mol. The van der Waals surface area contributed by atoms with E-state index < -0.39 is 5.91 Å². The molecule has 0 radical (unpaired) electrons. The molecule has 2 aromatic heterocycles. The van der Waals surface area contributed by atoms with Gasteiger partial charge in [-0.2, -0.15) is 4.98 Å². The first-order valence-corrected chi connectivity index (χ1v) is 10.1. The number of ether oxygens (including phenoxy) is 4. The van der Waals surface area contributed by atoms with Crippen LogP contribution in [0.25, 0.3) is 16.2 Å². The topological polar surface area (TPSA) is 96.2 Å². The van der Waals surface area contributed by atoms with E-state index in [4.69, 9.17) is 18.9 Å².